The van der Waals surface area contributed by atoms with Crippen LogP contribution in [0.4, 0.5) is 0 Å². The van der Waals surface area contributed by atoms with E-state index in [0.29, 0.717) is 5.92 Å². The second kappa shape index (κ2) is 6.55. The Morgan fingerprint density at radius 3 is 1.94 bits per heavy atom. The molecule has 0 spiro atoms. The Labute approximate surface area is 113 Å². The van der Waals surface area contributed by atoms with E-state index in [1.807, 2.05) is 7.05 Å². The Kier molecular flexibility index (Phi) is 6.35. The van der Waals surface area contributed by atoms with E-state index in [-0.39, 0.29) is 22.7 Å². The van der Waals surface area contributed by atoms with Crippen LogP contribution in [0.15, 0.2) is 0 Å². The molecule has 3 nitrogen and oxygen atoms in total. The predicted octanol–water partition coefficient (Wildman–Crippen LogP) is 2.67. The highest BCUT2D eigenvalue weighted by atomic mass is 16.1. The number of rotatable bonds is 6. The Balaban J connectivity index is 4.49. The lowest BCUT2D eigenvalue weighted by molar-refractivity contribution is -0.126. The molecule has 0 aromatic heterocycles. The van der Waals surface area contributed by atoms with Gasteiger partial charge in [0.1, 0.15) is 0 Å². The molecule has 0 aromatic carbocycles. The summed E-state index contributed by atoms with van der Waals surface area (Å²) in [6.07, 6.45) is 0. The molecule has 108 valence electrons. The molecular weight excluding hydrogens is 224 g/mol. The maximum atomic E-state index is 12.2. The molecule has 1 atom stereocenters. The minimum atomic E-state index is 0.0470. The van der Waals surface area contributed by atoms with Crippen LogP contribution >= 0.6 is 0 Å². The minimum absolute atomic E-state index is 0.0470. The van der Waals surface area contributed by atoms with Crippen molar-refractivity contribution in [1.82, 2.24) is 10.6 Å². The smallest absolute Gasteiger partial charge is 0.224 e. The van der Waals surface area contributed by atoms with Crippen LogP contribution in [-0.4, -0.2) is 26.0 Å². The monoisotopic (exact) mass is 256 g/mol. The average molecular weight is 256 g/mol. The van der Waals surface area contributed by atoms with Crippen LogP contribution in [0.2, 0.25) is 0 Å². The number of amides is 1. The third-order valence-electron chi connectivity index (χ3n) is 4.30. The van der Waals surface area contributed by atoms with Crippen molar-refractivity contribution >= 4 is 5.91 Å². The zero-order valence-corrected chi connectivity index (χ0v) is 13.5. The van der Waals surface area contributed by atoms with Crippen molar-refractivity contribution in [2.45, 2.75) is 48.5 Å². The van der Waals surface area contributed by atoms with Crippen LogP contribution in [0.1, 0.15) is 48.5 Å². The first-order valence-corrected chi connectivity index (χ1v) is 6.95. The molecule has 3 heteroatoms. The van der Waals surface area contributed by atoms with Gasteiger partial charge in [-0.2, -0.15) is 0 Å². The lowest BCUT2D eigenvalue weighted by Crippen LogP contribution is -2.46. The van der Waals surface area contributed by atoms with Crippen LogP contribution < -0.4 is 10.6 Å². The number of carbonyl (C=O) groups excluding carboxylic acids is 1. The molecule has 0 aliphatic rings. The van der Waals surface area contributed by atoms with Crippen molar-refractivity contribution in [2.75, 3.05) is 20.1 Å². The first-order valence-electron chi connectivity index (χ1n) is 6.95. The van der Waals surface area contributed by atoms with Gasteiger partial charge in [0.15, 0.2) is 0 Å². The summed E-state index contributed by atoms with van der Waals surface area (Å²) in [5.74, 6) is 0.567. The van der Waals surface area contributed by atoms with Crippen molar-refractivity contribution in [3.05, 3.63) is 0 Å². The van der Waals surface area contributed by atoms with Crippen LogP contribution in [-0.2, 0) is 4.79 Å². The Bertz CT molecular complexity index is 264. The first-order chi connectivity index (χ1) is 8.03. The number of nitrogens with one attached hydrogen (secondary N) is 2. The van der Waals surface area contributed by atoms with E-state index in [4.69, 9.17) is 0 Å². The standard InChI is InChI=1S/C15H32N2O/c1-11(2)12(9-16-8)13(18)17-10-15(6,7)14(3,4)5/h11-12,16H,9-10H2,1-8H3,(H,17,18). The fraction of sp³-hybridized carbons (Fsp3) is 0.933. The van der Waals surface area contributed by atoms with Crippen molar-refractivity contribution in [2.24, 2.45) is 22.7 Å². The largest absolute Gasteiger partial charge is 0.355 e. The highest BCUT2D eigenvalue weighted by molar-refractivity contribution is 5.79. The Morgan fingerprint density at radius 2 is 1.61 bits per heavy atom. The van der Waals surface area contributed by atoms with E-state index >= 15 is 0 Å². The molecule has 0 fully saturated rings. The molecule has 0 saturated carbocycles. The lowest BCUT2D eigenvalue weighted by atomic mass is 9.69. The SMILES string of the molecule is CNCC(C(=O)NCC(C)(C)C(C)(C)C)C(C)C. The van der Waals surface area contributed by atoms with Gasteiger partial charge in [-0.05, 0) is 23.8 Å². The van der Waals surface area contributed by atoms with Gasteiger partial charge in [-0.15, -0.1) is 0 Å². The van der Waals surface area contributed by atoms with Gasteiger partial charge < -0.3 is 10.6 Å². The van der Waals surface area contributed by atoms with Crippen LogP contribution in [0.5, 0.6) is 0 Å². The summed E-state index contributed by atoms with van der Waals surface area (Å²) < 4.78 is 0. The van der Waals surface area contributed by atoms with Gasteiger partial charge in [0.2, 0.25) is 5.91 Å². The highest BCUT2D eigenvalue weighted by Gasteiger charge is 2.33. The highest BCUT2D eigenvalue weighted by Crippen LogP contribution is 2.37. The van der Waals surface area contributed by atoms with Crippen molar-refractivity contribution in [1.29, 1.82) is 0 Å². The molecule has 0 heterocycles. The second-order valence-corrected chi connectivity index (χ2v) is 7.26. The Morgan fingerprint density at radius 1 is 1.11 bits per heavy atom. The molecule has 1 unspecified atom stereocenters. The number of hydrogen-bond acceptors (Lipinski definition) is 2. The van der Waals surface area contributed by atoms with Gasteiger partial charge in [0.25, 0.3) is 0 Å². The third-order valence-corrected chi connectivity index (χ3v) is 4.30. The number of carbonyl (C=O) groups is 1. The second-order valence-electron chi connectivity index (χ2n) is 7.26. The van der Waals surface area contributed by atoms with Gasteiger partial charge in [0.05, 0.1) is 5.92 Å². The maximum Gasteiger partial charge on any atom is 0.224 e. The zero-order valence-electron chi connectivity index (χ0n) is 13.5. The summed E-state index contributed by atoms with van der Waals surface area (Å²) in [6, 6.07) is 0. The van der Waals surface area contributed by atoms with Crippen molar-refractivity contribution in [3.8, 4) is 0 Å². The fourth-order valence-corrected chi connectivity index (χ4v) is 1.56. The zero-order chi connectivity index (χ0) is 14.6. The molecule has 2 N–H and O–H groups in total. The topological polar surface area (TPSA) is 41.1 Å². The van der Waals surface area contributed by atoms with Gasteiger partial charge in [-0.1, -0.05) is 48.5 Å². The van der Waals surface area contributed by atoms with E-state index in [1.165, 1.54) is 0 Å². The van der Waals surface area contributed by atoms with Crippen LogP contribution in [0.3, 0.4) is 0 Å². The molecule has 0 aliphatic heterocycles. The van der Waals surface area contributed by atoms with E-state index in [1.54, 1.807) is 0 Å². The predicted molar refractivity (Wildman–Crippen MR) is 78.5 cm³/mol. The molecule has 18 heavy (non-hydrogen) atoms. The fourth-order valence-electron chi connectivity index (χ4n) is 1.56. The average Bonchev–Trinajstić information content (AvgIpc) is 2.20. The summed E-state index contributed by atoms with van der Waals surface area (Å²) in [5.41, 5.74) is 0.264. The van der Waals surface area contributed by atoms with Crippen molar-refractivity contribution < 1.29 is 4.79 Å². The van der Waals surface area contributed by atoms with E-state index in [9.17, 15) is 4.79 Å². The molecule has 0 radical (unpaired) electrons. The first kappa shape index (κ1) is 17.4. The molecule has 0 aliphatic carbocycles. The van der Waals surface area contributed by atoms with Gasteiger partial charge in [-0.3, -0.25) is 4.79 Å². The summed E-state index contributed by atoms with van der Waals surface area (Å²) >= 11 is 0. The molecule has 1 amide bonds. The quantitative estimate of drug-likeness (QED) is 0.767. The third kappa shape index (κ3) is 4.97. The van der Waals surface area contributed by atoms with Gasteiger partial charge in [0, 0.05) is 13.1 Å². The Hall–Kier alpha value is -0.570. The normalized spacial score (nSPS) is 14.7. The minimum Gasteiger partial charge on any atom is -0.355 e. The molecule has 0 aromatic rings. The van der Waals surface area contributed by atoms with Crippen LogP contribution in [0.25, 0.3) is 0 Å². The summed E-state index contributed by atoms with van der Waals surface area (Å²) in [7, 11) is 1.89. The van der Waals surface area contributed by atoms with Crippen LogP contribution in [0, 0.1) is 22.7 Å². The van der Waals surface area contributed by atoms with Gasteiger partial charge in [-0.25, -0.2) is 0 Å². The molecule has 0 rings (SSSR count). The van der Waals surface area contributed by atoms with E-state index < -0.39 is 0 Å². The summed E-state index contributed by atoms with van der Waals surface area (Å²) in [4.78, 5) is 12.2. The maximum absolute atomic E-state index is 12.2. The van der Waals surface area contributed by atoms with Crippen molar-refractivity contribution in [3.63, 3.8) is 0 Å². The summed E-state index contributed by atoms with van der Waals surface area (Å²) in [5, 5.41) is 6.21. The van der Waals surface area contributed by atoms with E-state index in [0.717, 1.165) is 13.1 Å². The van der Waals surface area contributed by atoms with Gasteiger partial charge >= 0.3 is 0 Å². The number of hydrogen-bond donors (Lipinski definition) is 2. The summed E-state index contributed by atoms with van der Waals surface area (Å²) in [6.45, 7) is 16.7. The molecule has 0 bridgehead atoms. The van der Waals surface area contributed by atoms with E-state index in [2.05, 4.69) is 59.1 Å². The molecular formula is C15H32N2O. The molecule has 0 saturated heterocycles. The lowest BCUT2D eigenvalue weighted by Gasteiger charge is -2.39.